The van der Waals surface area contributed by atoms with Crippen molar-refractivity contribution < 1.29 is 14.3 Å². The molecule has 7 nitrogen and oxygen atoms in total. The van der Waals surface area contributed by atoms with Gasteiger partial charge in [-0.1, -0.05) is 18.6 Å². The number of ether oxygens (including phenoxy) is 1. The number of likely N-dealkylation sites (N-methyl/N-ethyl adjacent to an activating group) is 2. The summed E-state index contributed by atoms with van der Waals surface area (Å²) in [5.74, 6) is 1.38. The van der Waals surface area contributed by atoms with E-state index in [-0.39, 0.29) is 23.9 Å². The molecule has 1 aromatic carbocycles. The fourth-order valence-corrected chi connectivity index (χ4v) is 5.61. The molecule has 0 aliphatic carbocycles. The van der Waals surface area contributed by atoms with E-state index in [1.807, 2.05) is 36.2 Å². The van der Waals surface area contributed by atoms with Gasteiger partial charge in [-0.05, 0) is 81.4 Å². The quantitative estimate of drug-likeness (QED) is 0.610. The molecule has 2 atom stereocenters. The van der Waals surface area contributed by atoms with Crippen LogP contribution in [0.2, 0.25) is 0 Å². The molecule has 2 aliphatic heterocycles. The van der Waals surface area contributed by atoms with Gasteiger partial charge in [-0.15, -0.1) is 0 Å². The van der Waals surface area contributed by atoms with Crippen molar-refractivity contribution in [3.05, 3.63) is 59.9 Å². The Labute approximate surface area is 209 Å². The summed E-state index contributed by atoms with van der Waals surface area (Å²) in [6.45, 7) is 2.49. The maximum atomic E-state index is 13.3. The Morgan fingerprint density at radius 3 is 2.60 bits per heavy atom. The monoisotopic (exact) mass is 478 g/mol. The molecule has 0 radical (unpaired) electrons. The third-order valence-corrected chi connectivity index (χ3v) is 7.76. The molecule has 2 amide bonds. The molecular formula is C28H38N4O3. The molecule has 0 spiro atoms. The van der Waals surface area contributed by atoms with Crippen LogP contribution >= 0.6 is 0 Å². The van der Waals surface area contributed by atoms with Crippen LogP contribution in [-0.2, 0) is 11.2 Å². The van der Waals surface area contributed by atoms with Crippen LogP contribution < -0.4 is 4.74 Å². The minimum absolute atomic E-state index is 0.0164. The van der Waals surface area contributed by atoms with Crippen molar-refractivity contribution in [3.8, 4) is 5.75 Å². The summed E-state index contributed by atoms with van der Waals surface area (Å²) in [5, 5.41) is 0. The zero-order chi connectivity index (χ0) is 24.8. The molecule has 35 heavy (non-hydrogen) atoms. The molecule has 3 heterocycles. The predicted molar refractivity (Wildman–Crippen MR) is 136 cm³/mol. The van der Waals surface area contributed by atoms with Crippen molar-refractivity contribution in [2.75, 3.05) is 40.8 Å². The number of piperidine rings is 2. The highest BCUT2D eigenvalue weighted by molar-refractivity contribution is 5.94. The maximum Gasteiger partial charge on any atom is 0.255 e. The Bertz CT molecular complexity index is 991. The van der Waals surface area contributed by atoms with Gasteiger partial charge >= 0.3 is 0 Å². The number of methoxy groups -OCH3 is 1. The molecule has 2 fully saturated rings. The highest BCUT2D eigenvalue weighted by Gasteiger charge is 2.36. The number of hydrogen-bond donors (Lipinski definition) is 0. The van der Waals surface area contributed by atoms with Gasteiger partial charge in [-0.3, -0.25) is 19.5 Å². The molecule has 7 heteroatoms. The van der Waals surface area contributed by atoms with Crippen LogP contribution in [0.4, 0.5) is 0 Å². The average molecular weight is 479 g/mol. The number of aromatic nitrogens is 1. The molecular weight excluding hydrogens is 440 g/mol. The molecule has 0 saturated carbocycles. The maximum absolute atomic E-state index is 13.3. The Morgan fingerprint density at radius 2 is 1.91 bits per heavy atom. The van der Waals surface area contributed by atoms with Crippen LogP contribution in [0.1, 0.15) is 48.0 Å². The average Bonchev–Trinajstić information content (AvgIpc) is 2.91. The molecule has 1 aromatic heterocycles. The van der Waals surface area contributed by atoms with Gasteiger partial charge in [0, 0.05) is 38.6 Å². The number of rotatable bonds is 7. The highest BCUT2D eigenvalue weighted by Crippen LogP contribution is 2.29. The van der Waals surface area contributed by atoms with Crippen molar-refractivity contribution in [2.24, 2.45) is 5.92 Å². The Morgan fingerprint density at radius 1 is 1.11 bits per heavy atom. The van der Waals surface area contributed by atoms with Crippen molar-refractivity contribution in [1.29, 1.82) is 0 Å². The van der Waals surface area contributed by atoms with E-state index < -0.39 is 0 Å². The topological polar surface area (TPSA) is 66.0 Å². The van der Waals surface area contributed by atoms with E-state index in [0.29, 0.717) is 11.5 Å². The SMILES string of the molecule is COc1cccc(CC(C2CCN(C(=O)C3CCCCN3C)CC2)N(C)C(=O)c2cccnc2)c1. The zero-order valence-electron chi connectivity index (χ0n) is 21.2. The second-order valence-corrected chi connectivity index (χ2v) is 9.94. The first kappa shape index (κ1) is 25.2. The summed E-state index contributed by atoms with van der Waals surface area (Å²) in [6.07, 6.45) is 9.08. The van der Waals surface area contributed by atoms with Gasteiger partial charge in [-0.25, -0.2) is 0 Å². The Kier molecular flexibility index (Phi) is 8.39. The van der Waals surface area contributed by atoms with E-state index in [2.05, 4.69) is 27.9 Å². The van der Waals surface area contributed by atoms with Gasteiger partial charge in [0.05, 0.1) is 18.7 Å². The lowest BCUT2D eigenvalue weighted by Crippen LogP contribution is -2.53. The first-order valence-corrected chi connectivity index (χ1v) is 12.8. The second-order valence-electron chi connectivity index (χ2n) is 9.94. The minimum atomic E-state index is -0.0201. The molecule has 4 rings (SSSR count). The summed E-state index contributed by atoms with van der Waals surface area (Å²) < 4.78 is 5.43. The standard InChI is InChI=1S/C28H38N4O3/c1-30-15-5-4-11-25(30)28(34)32-16-12-22(13-17-32)26(19-21-8-6-10-24(18-21)35-3)31(2)27(33)23-9-7-14-29-20-23/h6-10,14,18,20,22,25-26H,4-5,11-13,15-17,19H2,1-3H3. The van der Waals surface area contributed by atoms with Crippen LogP contribution in [0, 0.1) is 5.92 Å². The van der Waals surface area contributed by atoms with Crippen molar-refractivity contribution in [3.63, 3.8) is 0 Å². The first-order valence-electron chi connectivity index (χ1n) is 12.8. The molecule has 188 valence electrons. The molecule has 2 aliphatic rings. The van der Waals surface area contributed by atoms with Gasteiger partial charge < -0.3 is 14.5 Å². The summed E-state index contributed by atoms with van der Waals surface area (Å²) in [6, 6.07) is 11.7. The van der Waals surface area contributed by atoms with Crippen LogP contribution in [-0.4, -0.2) is 84.4 Å². The third-order valence-electron chi connectivity index (χ3n) is 7.76. The van der Waals surface area contributed by atoms with E-state index in [9.17, 15) is 9.59 Å². The molecule has 0 bridgehead atoms. The Balaban J connectivity index is 1.49. The molecule has 2 unspecified atom stereocenters. The van der Waals surface area contributed by atoms with Crippen molar-refractivity contribution in [2.45, 2.75) is 50.6 Å². The fraction of sp³-hybridized carbons (Fsp3) is 0.536. The van der Waals surface area contributed by atoms with E-state index in [0.717, 1.165) is 63.1 Å². The Hall–Kier alpha value is -2.93. The number of hydrogen-bond acceptors (Lipinski definition) is 5. The smallest absolute Gasteiger partial charge is 0.255 e. The van der Waals surface area contributed by atoms with Gasteiger partial charge in [-0.2, -0.15) is 0 Å². The lowest BCUT2D eigenvalue weighted by Gasteiger charge is -2.42. The summed E-state index contributed by atoms with van der Waals surface area (Å²) in [7, 11) is 5.64. The van der Waals surface area contributed by atoms with Crippen LogP contribution in [0.3, 0.4) is 0 Å². The van der Waals surface area contributed by atoms with Gasteiger partial charge in [0.15, 0.2) is 0 Å². The minimum Gasteiger partial charge on any atom is -0.497 e. The van der Waals surface area contributed by atoms with E-state index in [1.165, 1.54) is 6.42 Å². The van der Waals surface area contributed by atoms with Crippen LogP contribution in [0.5, 0.6) is 5.75 Å². The van der Waals surface area contributed by atoms with Crippen LogP contribution in [0.15, 0.2) is 48.8 Å². The number of nitrogens with zero attached hydrogens (tertiary/aromatic N) is 4. The van der Waals surface area contributed by atoms with Crippen molar-refractivity contribution >= 4 is 11.8 Å². The number of benzene rings is 1. The zero-order valence-corrected chi connectivity index (χ0v) is 21.2. The highest BCUT2D eigenvalue weighted by atomic mass is 16.5. The predicted octanol–water partition coefficient (Wildman–Crippen LogP) is 3.50. The molecule has 2 aromatic rings. The van der Waals surface area contributed by atoms with Crippen LogP contribution in [0.25, 0.3) is 0 Å². The van der Waals surface area contributed by atoms with Crippen molar-refractivity contribution in [1.82, 2.24) is 19.7 Å². The second kappa shape index (κ2) is 11.7. The number of amides is 2. The lowest BCUT2D eigenvalue weighted by atomic mass is 9.84. The van der Waals surface area contributed by atoms with Gasteiger partial charge in [0.2, 0.25) is 5.91 Å². The van der Waals surface area contributed by atoms with E-state index >= 15 is 0 Å². The number of carbonyl (C=O) groups is 2. The van der Waals surface area contributed by atoms with E-state index in [4.69, 9.17) is 4.74 Å². The largest absolute Gasteiger partial charge is 0.497 e. The molecule has 0 N–H and O–H groups in total. The normalized spacial score (nSPS) is 20.3. The van der Waals surface area contributed by atoms with Gasteiger partial charge in [0.1, 0.15) is 5.75 Å². The number of carbonyl (C=O) groups excluding carboxylic acids is 2. The number of likely N-dealkylation sites (tertiary alicyclic amines) is 2. The van der Waals surface area contributed by atoms with E-state index in [1.54, 1.807) is 25.6 Å². The third kappa shape index (κ3) is 6.01. The lowest BCUT2D eigenvalue weighted by molar-refractivity contribution is -0.139. The van der Waals surface area contributed by atoms with Gasteiger partial charge in [0.25, 0.3) is 5.91 Å². The summed E-state index contributed by atoms with van der Waals surface area (Å²) >= 11 is 0. The first-order chi connectivity index (χ1) is 17.0. The fourth-order valence-electron chi connectivity index (χ4n) is 5.61. The summed E-state index contributed by atoms with van der Waals surface area (Å²) in [4.78, 5) is 36.9. The molecule has 2 saturated heterocycles. The summed E-state index contributed by atoms with van der Waals surface area (Å²) in [5.41, 5.74) is 1.74. The number of pyridine rings is 1.